The van der Waals surface area contributed by atoms with Crippen molar-refractivity contribution in [3.8, 4) is 0 Å². The summed E-state index contributed by atoms with van der Waals surface area (Å²) in [5.41, 5.74) is 5.77. The van der Waals surface area contributed by atoms with Crippen molar-refractivity contribution in [2.75, 3.05) is 13.2 Å². The SMILES string of the molecule is CC(C)NC(N)=NCC1COC2(CCCCC2)O1.I. The van der Waals surface area contributed by atoms with Gasteiger partial charge in [0.15, 0.2) is 11.7 Å². The van der Waals surface area contributed by atoms with Gasteiger partial charge in [-0.1, -0.05) is 6.42 Å². The second-order valence-corrected chi connectivity index (χ2v) is 5.55. The number of nitrogens with zero attached hydrogens (tertiary/aromatic N) is 1. The van der Waals surface area contributed by atoms with Gasteiger partial charge in [-0.05, 0) is 26.7 Å². The topological polar surface area (TPSA) is 68.9 Å². The average Bonchev–Trinajstić information content (AvgIpc) is 2.70. The van der Waals surface area contributed by atoms with Crippen molar-refractivity contribution in [2.24, 2.45) is 10.7 Å². The molecule has 0 amide bonds. The molecule has 3 N–H and O–H groups in total. The number of hydrogen-bond donors (Lipinski definition) is 2. The third-order valence-electron chi connectivity index (χ3n) is 3.43. The van der Waals surface area contributed by atoms with Crippen LogP contribution in [0.15, 0.2) is 4.99 Å². The van der Waals surface area contributed by atoms with Crippen LogP contribution in [0.1, 0.15) is 46.0 Å². The Morgan fingerprint density at radius 2 is 2.05 bits per heavy atom. The molecule has 0 bridgehead atoms. The number of nitrogens with two attached hydrogens (primary N) is 1. The van der Waals surface area contributed by atoms with E-state index in [0.717, 1.165) is 12.8 Å². The number of nitrogens with one attached hydrogen (secondary N) is 1. The Morgan fingerprint density at radius 3 is 2.68 bits per heavy atom. The van der Waals surface area contributed by atoms with E-state index >= 15 is 0 Å². The Bertz CT molecular complexity index is 304. The molecule has 1 unspecified atom stereocenters. The Kier molecular flexibility index (Phi) is 6.82. The fraction of sp³-hybridized carbons (Fsp3) is 0.923. The van der Waals surface area contributed by atoms with Gasteiger partial charge < -0.3 is 20.5 Å². The van der Waals surface area contributed by atoms with Gasteiger partial charge in [0.1, 0.15) is 6.10 Å². The van der Waals surface area contributed by atoms with E-state index in [4.69, 9.17) is 15.2 Å². The maximum atomic E-state index is 6.03. The van der Waals surface area contributed by atoms with Gasteiger partial charge in [0.2, 0.25) is 0 Å². The Morgan fingerprint density at radius 1 is 1.37 bits per heavy atom. The molecule has 0 aromatic carbocycles. The Balaban J connectivity index is 0.00000180. The fourth-order valence-corrected chi connectivity index (χ4v) is 2.60. The number of halogens is 1. The summed E-state index contributed by atoms with van der Waals surface area (Å²) in [5, 5.41) is 3.07. The van der Waals surface area contributed by atoms with Crippen molar-refractivity contribution < 1.29 is 9.47 Å². The second-order valence-electron chi connectivity index (χ2n) is 5.55. The van der Waals surface area contributed by atoms with E-state index in [1.807, 2.05) is 13.8 Å². The summed E-state index contributed by atoms with van der Waals surface area (Å²) in [6.07, 6.45) is 5.79. The molecule has 1 atom stereocenters. The van der Waals surface area contributed by atoms with E-state index in [1.165, 1.54) is 19.3 Å². The molecule has 2 fully saturated rings. The molecule has 6 heteroatoms. The van der Waals surface area contributed by atoms with E-state index in [9.17, 15) is 0 Å². The van der Waals surface area contributed by atoms with Crippen LogP contribution in [-0.4, -0.2) is 37.0 Å². The van der Waals surface area contributed by atoms with Crippen molar-refractivity contribution in [3.63, 3.8) is 0 Å². The quantitative estimate of drug-likeness (QED) is 0.444. The average molecular weight is 383 g/mol. The summed E-state index contributed by atoms with van der Waals surface area (Å²) < 4.78 is 11.9. The third kappa shape index (κ3) is 5.07. The zero-order valence-electron chi connectivity index (χ0n) is 11.9. The molecule has 0 aromatic heterocycles. The van der Waals surface area contributed by atoms with Crippen molar-refractivity contribution in [3.05, 3.63) is 0 Å². The first-order valence-electron chi connectivity index (χ1n) is 6.98. The van der Waals surface area contributed by atoms with E-state index in [2.05, 4.69) is 10.3 Å². The summed E-state index contributed by atoms with van der Waals surface area (Å²) in [5.74, 6) is 0.178. The standard InChI is InChI=1S/C13H25N3O2.HI/c1-10(2)16-12(14)15-8-11-9-17-13(18-11)6-4-3-5-7-13;/h10-11H,3-9H2,1-2H3,(H3,14,15,16);1H. The molecular weight excluding hydrogens is 357 g/mol. The van der Waals surface area contributed by atoms with Crippen LogP contribution in [0.3, 0.4) is 0 Å². The van der Waals surface area contributed by atoms with Crippen LogP contribution in [0.2, 0.25) is 0 Å². The first-order valence-corrected chi connectivity index (χ1v) is 6.98. The predicted octanol–water partition coefficient (Wildman–Crippen LogP) is 1.99. The number of hydrogen-bond acceptors (Lipinski definition) is 3. The van der Waals surface area contributed by atoms with Crippen LogP contribution in [0.25, 0.3) is 0 Å². The zero-order chi connectivity index (χ0) is 13.0. The smallest absolute Gasteiger partial charge is 0.188 e. The van der Waals surface area contributed by atoms with Crippen LogP contribution < -0.4 is 11.1 Å². The predicted molar refractivity (Wildman–Crippen MR) is 86.8 cm³/mol. The maximum absolute atomic E-state index is 6.03. The molecule has 1 saturated carbocycles. The van der Waals surface area contributed by atoms with Gasteiger partial charge in [-0.3, -0.25) is 4.99 Å². The molecule has 19 heavy (non-hydrogen) atoms. The van der Waals surface area contributed by atoms with Gasteiger partial charge in [-0.2, -0.15) is 0 Å². The lowest BCUT2D eigenvalue weighted by atomic mass is 9.94. The molecule has 1 aliphatic carbocycles. The second kappa shape index (κ2) is 7.64. The first-order chi connectivity index (χ1) is 8.60. The molecule has 0 radical (unpaired) electrons. The lowest BCUT2D eigenvalue weighted by Gasteiger charge is -2.31. The van der Waals surface area contributed by atoms with E-state index in [0.29, 0.717) is 25.2 Å². The highest BCUT2D eigenvalue weighted by atomic mass is 127. The molecule has 5 nitrogen and oxygen atoms in total. The molecule has 1 saturated heterocycles. The first kappa shape index (κ1) is 17.0. The number of guanidine groups is 1. The van der Waals surface area contributed by atoms with E-state index in [-0.39, 0.29) is 35.9 Å². The number of rotatable bonds is 3. The molecular formula is C13H26IN3O2. The summed E-state index contributed by atoms with van der Waals surface area (Å²) >= 11 is 0. The summed E-state index contributed by atoms with van der Waals surface area (Å²) in [4.78, 5) is 4.30. The van der Waals surface area contributed by atoms with Gasteiger partial charge in [0, 0.05) is 18.9 Å². The van der Waals surface area contributed by atoms with Gasteiger partial charge in [0.05, 0.1) is 13.2 Å². The zero-order valence-corrected chi connectivity index (χ0v) is 14.2. The van der Waals surface area contributed by atoms with Crippen LogP contribution in [0, 0.1) is 0 Å². The Hall–Kier alpha value is -0.0800. The molecule has 1 heterocycles. The molecule has 0 aromatic rings. The van der Waals surface area contributed by atoms with E-state index < -0.39 is 0 Å². The Labute approximate surface area is 132 Å². The van der Waals surface area contributed by atoms with Gasteiger partial charge in [-0.15, -0.1) is 24.0 Å². The van der Waals surface area contributed by atoms with E-state index in [1.54, 1.807) is 0 Å². The van der Waals surface area contributed by atoms with Crippen molar-refractivity contribution in [1.29, 1.82) is 0 Å². The molecule has 1 spiro atoms. The normalized spacial score (nSPS) is 26.5. The van der Waals surface area contributed by atoms with Crippen molar-refractivity contribution in [2.45, 2.75) is 63.9 Å². The lowest BCUT2D eigenvalue weighted by molar-refractivity contribution is -0.186. The molecule has 2 rings (SSSR count). The minimum Gasteiger partial charge on any atom is -0.370 e. The van der Waals surface area contributed by atoms with Crippen molar-refractivity contribution >= 4 is 29.9 Å². The highest BCUT2D eigenvalue weighted by Gasteiger charge is 2.41. The minimum atomic E-state index is -0.307. The molecule has 112 valence electrons. The van der Waals surface area contributed by atoms with Crippen LogP contribution in [0.5, 0.6) is 0 Å². The molecule has 2 aliphatic rings. The monoisotopic (exact) mass is 383 g/mol. The summed E-state index contributed by atoms with van der Waals surface area (Å²) in [6.45, 7) is 5.29. The lowest BCUT2D eigenvalue weighted by Crippen LogP contribution is -2.38. The summed E-state index contributed by atoms with van der Waals surface area (Å²) in [7, 11) is 0. The largest absolute Gasteiger partial charge is 0.370 e. The minimum absolute atomic E-state index is 0. The highest BCUT2D eigenvalue weighted by Crippen LogP contribution is 2.37. The summed E-state index contributed by atoms with van der Waals surface area (Å²) in [6, 6.07) is 0.305. The van der Waals surface area contributed by atoms with Crippen LogP contribution in [0.4, 0.5) is 0 Å². The molecule has 1 aliphatic heterocycles. The van der Waals surface area contributed by atoms with Crippen LogP contribution in [-0.2, 0) is 9.47 Å². The fourth-order valence-electron chi connectivity index (χ4n) is 2.60. The van der Waals surface area contributed by atoms with Crippen LogP contribution >= 0.6 is 24.0 Å². The highest BCUT2D eigenvalue weighted by molar-refractivity contribution is 14.0. The third-order valence-corrected chi connectivity index (χ3v) is 3.43. The van der Waals surface area contributed by atoms with Gasteiger partial charge in [0.25, 0.3) is 0 Å². The van der Waals surface area contributed by atoms with Crippen molar-refractivity contribution in [1.82, 2.24) is 5.32 Å². The van der Waals surface area contributed by atoms with Gasteiger partial charge >= 0.3 is 0 Å². The maximum Gasteiger partial charge on any atom is 0.188 e. The number of aliphatic imine (C=N–C) groups is 1. The van der Waals surface area contributed by atoms with Gasteiger partial charge in [-0.25, -0.2) is 0 Å². The number of ether oxygens (including phenoxy) is 2.